The minimum Gasteiger partial charge on any atom is -0.480 e. The zero-order valence-corrected chi connectivity index (χ0v) is 12.3. The number of carboxylic acid groups (broad SMARTS) is 1. The minimum absolute atomic E-state index is 0.0617. The molecule has 1 atom stereocenters. The molecule has 106 valence electrons. The summed E-state index contributed by atoms with van der Waals surface area (Å²) >= 11 is 1.41. The molecule has 0 fully saturated rings. The molecule has 1 aromatic rings. The van der Waals surface area contributed by atoms with Gasteiger partial charge in [-0.25, -0.2) is 4.79 Å². The molecule has 0 aromatic carbocycles. The maximum atomic E-state index is 11.9. The van der Waals surface area contributed by atoms with E-state index in [0.717, 1.165) is 5.56 Å². The van der Waals surface area contributed by atoms with Crippen molar-refractivity contribution < 1.29 is 19.4 Å². The highest BCUT2D eigenvalue weighted by molar-refractivity contribution is 7.08. The number of thiophene rings is 1. The molecule has 5 nitrogen and oxygen atoms in total. The van der Waals surface area contributed by atoms with E-state index in [-0.39, 0.29) is 12.5 Å². The second kappa shape index (κ2) is 6.16. The fourth-order valence-corrected chi connectivity index (χ4v) is 2.17. The summed E-state index contributed by atoms with van der Waals surface area (Å²) in [7, 11) is 0. The van der Waals surface area contributed by atoms with Gasteiger partial charge in [-0.1, -0.05) is 0 Å². The maximum absolute atomic E-state index is 11.9. The van der Waals surface area contributed by atoms with Crippen LogP contribution >= 0.6 is 11.3 Å². The van der Waals surface area contributed by atoms with E-state index in [1.54, 1.807) is 5.38 Å². The van der Waals surface area contributed by atoms with Gasteiger partial charge in [-0.3, -0.25) is 4.79 Å². The number of carboxylic acids is 1. The van der Waals surface area contributed by atoms with Crippen LogP contribution in [-0.2, 0) is 9.53 Å². The highest BCUT2D eigenvalue weighted by Crippen LogP contribution is 2.14. The summed E-state index contributed by atoms with van der Waals surface area (Å²) in [4.78, 5) is 23.1. The third-order valence-electron chi connectivity index (χ3n) is 2.39. The van der Waals surface area contributed by atoms with Crippen molar-refractivity contribution >= 4 is 23.2 Å². The molecule has 0 aliphatic carbocycles. The van der Waals surface area contributed by atoms with E-state index < -0.39 is 17.6 Å². The molecule has 1 aromatic heterocycles. The van der Waals surface area contributed by atoms with Crippen LogP contribution in [0.1, 0.15) is 36.7 Å². The Morgan fingerprint density at radius 3 is 2.47 bits per heavy atom. The van der Waals surface area contributed by atoms with Gasteiger partial charge in [0.15, 0.2) is 6.04 Å². The van der Waals surface area contributed by atoms with Crippen LogP contribution in [0.15, 0.2) is 10.8 Å². The van der Waals surface area contributed by atoms with Crippen molar-refractivity contribution in [3.05, 3.63) is 21.9 Å². The first-order chi connectivity index (χ1) is 8.70. The quantitative estimate of drug-likeness (QED) is 0.868. The predicted octanol–water partition coefficient (Wildman–Crippen LogP) is 2.05. The zero-order chi connectivity index (χ0) is 14.6. The minimum atomic E-state index is -1.11. The zero-order valence-electron chi connectivity index (χ0n) is 11.5. The lowest BCUT2D eigenvalue weighted by atomic mass is 10.1. The molecule has 0 aliphatic heterocycles. The van der Waals surface area contributed by atoms with E-state index in [2.05, 4.69) is 5.32 Å². The van der Waals surface area contributed by atoms with Gasteiger partial charge in [0, 0.05) is 5.38 Å². The van der Waals surface area contributed by atoms with E-state index in [0.29, 0.717) is 5.56 Å². The number of rotatable bonds is 5. The van der Waals surface area contributed by atoms with Gasteiger partial charge in [-0.05, 0) is 38.6 Å². The highest BCUT2D eigenvalue weighted by atomic mass is 32.1. The lowest BCUT2D eigenvalue weighted by Crippen LogP contribution is -2.45. The van der Waals surface area contributed by atoms with Crippen LogP contribution in [-0.4, -0.2) is 35.2 Å². The van der Waals surface area contributed by atoms with Crippen LogP contribution in [0, 0.1) is 6.92 Å². The van der Waals surface area contributed by atoms with Crippen molar-refractivity contribution in [1.29, 1.82) is 0 Å². The Hall–Kier alpha value is -1.40. The Morgan fingerprint density at radius 2 is 2.05 bits per heavy atom. The first kappa shape index (κ1) is 15.7. The van der Waals surface area contributed by atoms with Crippen LogP contribution in [0.25, 0.3) is 0 Å². The number of hydrogen-bond acceptors (Lipinski definition) is 4. The van der Waals surface area contributed by atoms with E-state index in [1.165, 1.54) is 11.3 Å². The van der Waals surface area contributed by atoms with E-state index in [4.69, 9.17) is 9.84 Å². The van der Waals surface area contributed by atoms with Crippen molar-refractivity contribution in [3.63, 3.8) is 0 Å². The second-order valence-corrected chi connectivity index (χ2v) is 6.00. The number of amides is 1. The van der Waals surface area contributed by atoms with Gasteiger partial charge >= 0.3 is 5.97 Å². The molecular weight excluding hydrogens is 266 g/mol. The number of aliphatic carboxylic acids is 1. The number of ether oxygens (including phenoxy) is 1. The molecule has 0 aliphatic rings. The summed E-state index contributed by atoms with van der Waals surface area (Å²) in [5.41, 5.74) is 0.895. The number of carbonyl (C=O) groups is 2. The largest absolute Gasteiger partial charge is 0.480 e. The van der Waals surface area contributed by atoms with Crippen molar-refractivity contribution in [2.75, 3.05) is 6.61 Å². The summed E-state index contributed by atoms with van der Waals surface area (Å²) in [5.74, 6) is -1.49. The third kappa shape index (κ3) is 5.00. The van der Waals surface area contributed by atoms with E-state index in [9.17, 15) is 9.59 Å². The Labute approximate surface area is 116 Å². The van der Waals surface area contributed by atoms with E-state index in [1.807, 2.05) is 33.1 Å². The summed E-state index contributed by atoms with van der Waals surface area (Å²) in [6, 6.07) is -1.05. The topological polar surface area (TPSA) is 75.6 Å². The van der Waals surface area contributed by atoms with Crippen LogP contribution < -0.4 is 5.32 Å². The van der Waals surface area contributed by atoms with Crippen LogP contribution in [0.5, 0.6) is 0 Å². The van der Waals surface area contributed by atoms with Crippen molar-refractivity contribution in [2.24, 2.45) is 0 Å². The van der Waals surface area contributed by atoms with Crippen LogP contribution in [0.3, 0.4) is 0 Å². The van der Waals surface area contributed by atoms with Gasteiger partial charge in [0.2, 0.25) is 0 Å². The highest BCUT2D eigenvalue weighted by Gasteiger charge is 2.24. The molecule has 2 N–H and O–H groups in total. The summed E-state index contributed by atoms with van der Waals surface area (Å²) < 4.78 is 5.41. The van der Waals surface area contributed by atoms with Gasteiger partial charge in [0.25, 0.3) is 5.91 Å². The number of aryl methyl sites for hydroxylation is 1. The Balaban J connectivity index is 2.67. The first-order valence-corrected chi connectivity index (χ1v) is 6.85. The van der Waals surface area contributed by atoms with Gasteiger partial charge in [-0.2, -0.15) is 11.3 Å². The Morgan fingerprint density at radius 1 is 1.42 bits per heavy atom. The maximum Gasteiger partial charge on any atom is 0.328 e. The molecule has 6 heteroatoms. The molecule has 0 saturated carbocycles. The van der Waals surface area contributed by atoms with Crippen LogP contribution in [0.2, 0.25) is 0 Å². The lowest BCUT2D eigenvalue weighted by Gasteiger charge is -2.23. The van der Waals surface area contributed by atoms with Gasteiger partial charge in [0.05, 0.1) is 17.8 Å². The SMILES string of the molecule is Cc1cscc1C(=O)N[C@@H](COC(C)(C)C)C(=O)O. The van der Waals surface area contributed by atoms with Gasteiger partial charge in [0.1, 0.15) is 0 Å². The molecule has 0 radical (unpaired) electrons. The van der Waals surface area contributed by atoms with Crippen molar-refractivity contribution in [2.45, 2.75) is 39.3 Å². The normalized spacial score (nSPS) is 13.1. The summed E-state index contributed by atoms with van der Waals surface area (Å²) in [6.45, 7) is 7.24. The fourth-order valence-electron chi connectivity index (χ4n) is 1.34. The van der Waals surface area contributed by atoms with Crippen molar-refractivity contribution in [3.8, 4) is 0 Å². The summed E-state index contributed by atoms with van der Waals surface area (Å²) in [5, 5.41) is 15.1. The van der Waals surface area contributed by atoms with Crippen LogP contribution in [0.4, 0.5) is 0 Å². The molecule has 1 heterocycles. The molecular formula is C13H19NO4S. The molecule has 1 amide bonds. The average Bonchev–Trinajstić information content (AvgIpc) is 2.68. The number of carbonyl (C=O) groups excluding carboxylic acids is 1. The van der Waals surface area contributed by atoms with Gasteiger partial charge < -0.3 is 15.2 Å². The fraction of sp³-hybridized carbons (Fsp3) is 0.538. The number of hydrogen-bond donors (Lipinski definition) is 2. The van der Waals surface area contributed by atoms with Gasteiger partial charge in [-0.15, -0.1) is 0 Å². The molecule has 0 bridgehead atoms. The molecule has 1 rings (SSSR count). The first-order valence-electron chi connectivity index (χ1n) is 5.91. The van der Waals surface area contributed by atoms with Crippen molar-refractivity contribution in [1.82, 2.24) is 5.32 Å². The molecule has 0 saturated heterocycles. The average molecular weight is 285 g/mol. The second-order valence-electron chi connectivity index (χ2n) is 5.26. The molecule has 0 unspecified atom stereocenters. The Bertz CT molecular complexity index is 461. The summed E-state index contributed by atoms with van der Waals surface area (Å²) in [6.07, 6.45) is 0. The standard InChI is InChI=1S/C13H19NO4S/c1-8-6-19-7-9(8)11(15)14-10(12(16)17)5-18-13(2,3)4/h6-7,10H,5H2,1-4H3,(H,14,15)(H,16,17)/t10-/m0/s1. The molecule has 0 spiro atoms. The lowest BCUT2D eigenvalue weighted by molar-refractivity contribution is -0.142. The van der Waals surface area contributed by atoms with E-state index >= 15 is 0 Å². The Kier molecular flexibility index (Phi) is 5.08. The smallest absolute Gasteiger partial charge is 0.328 e. The number of nitrogens with one attached hydrogen (secondary N) is 1. The third-order valence-corrected chi connectivity index (χ3v) is 3.25. The monoisotopic (exact) mass is 285 g/mol. The molecule has 19 heavy (non-hydrogen) atoms. The predicted molar refractivity (Wildman–Crippen MR) is 73.7 cm³/mol.